The van der Waals surface area contributed by atoms with Crippen LogP contribution in [-0.2, 0) is 27.7 Å². The second-order valence-electron chi connectivity index (χ2n) is 7.47. The molecule has 0 fully saturated rings. The SMILES string of the molecule is COc1ccc(N(CC(=O)Nc2ccc3c4c(cccc24)CC3)S(C)(=O)=O)cc1OC. The van der Waals surface area contributed by atoms with Gasteiger partial charge in [-0.05, 0) is 47.6 Å². The van der Waals surface area contributed by atoms with E-state index in [1.54, 1.807) is 12.1 Å². The van der Waals surface area contributed by atoms with E-state index in [1.165, 1.54) is 36.8 Å². The highest BCUT2D eigenvalue weighted by Gasteiger charge is 2.23. The number of nitrogens with one attached hydrogen (secondary N) is 1. The van der Waals surface area contributed by atoms with Crippen molar-refractivity contribution in [1.29, 1.82) is 0 Å². The number of hydrogen-bond acceptors (Lipinski definition) is 5. The van der Waals surface area contributed by atoms with E-state index < -0.39 is 15.9 Å². The minimum atomic E-state index is -3.72. The van der Waals surface area contributed by atoms with E-state index in [0.717, 1.165) is 28.8 Å². The molecule has 8 heteroatoms. The molecular formula is C23H24N2O5S. The van der Waals surface area contributed by atoms with E-state index >= 15 is 0 Å². The summed E-state index contributed by atoms with van der Waals surface area (Å²) in [5, 5.41) is 5.04. The highest BCUT2D eigenvalue weighted by atomic mass is 32.2. The Morgan fingerprint density at radius 1 is 1.00 bits per heavy atom. The monoisotopic (exact) mass is 440 g/mol. The molecule has 0 aromatic heterocycles. The van der Waals surface area contributed by atoms with Crippen molar-refractivity contribution >= 4 is 38.1 Å². The number of hydrogen-bond donors (Lipinski definition) is 1. The van der Waals surface area contributed by atoms with Gasteiger partial charge >= 0.3 is 0 Å². The fourth-order valence-electron chi connectivity index (χ4n) is 4.06. The van der Waals surface area contributed by atoms with Crippen LogP contribution < -0.4 is 19.1 Å². The summed E-state index contributed by atoms with van der Waals surface area (Å²) in [6.45, 7) is -0.364. The van der Waals surface area contributed by atoms with Crippen molar-refractivity contribution in [3.8, 4) is 11.5 Å². The number of carbonyl (C=O) groups excluding carboxylic acids is 1. The Morgan fingerprint density at radius 2 is 1.71 bits per heavy atom. The number of rotatable bonds is 7. The maximum atomic E-state index is 12.9. The summed E-state index contributed by atoms with van der Waals surface area (Å²) < 4.78 is 36.4. The van der Waals surface area contributed by atoms with Gasteiger partial charge in [-0.1, -0.05) is 24.3 Å². The first-order chi connectivity index (χ1) is 14.8. The molecule has 31 heavy (non-hydrogen) atoms. The molecule has 0 aliphatic heterocycles. The van der Waals surface area contributed by atoms with Crippen molar-refractivity contribution in [2.75, 3.05) is 36.6 Å². The topological polar surface area (TPSA) is 84.9 Å². The molecule has 0 heterocycles. The molecule has 1 aliphatic rings. The molecule has 1 N–H and O–H groups in total. The van der Waals surface area contributed by atoms with Crippen molar-refractivity contribution in [2.45, 2.75) is 12.8 Å². The van der Waals surface area contributed by atoms with Gasteiger partial charge in [0.05, 0.1) is 26.2 Å². The van der Waals surface area contributed by atoms with Crippen LogP contribution >= 0.6 is 0 Å². The van der Waals surface area contributed by atoms with Crippen LogP contribution in [-0.4, -0.2) is 41.3 Å². The first kappa shape index (κ1) is 21.0. The zero-order chi connectivity index (χ0) is 22.2. The summed E-state index contributed by atoms with van der Waals surface area (Å²) >= 11 is 0. The Labute approximate surface area is 181 Å². The zero-order valence-electron chi connectivity index (χ0n) is 17.6. The second-order valence-corrected chi connectivity index (χ2v) is 9.38. The van der Waals surface area contributed by atoms with Gasteiger partial charge in [0.15, 0.2) is 11.5 Å². The fraction of sp³-hybridized carbons (Fsp3) is 0.261. The lowest BCUT2D eigenvalue weighted by Gasteiger charge is -2.23. The lowest BCUT2D eigenvalue weighted by Crippen LogP contribution is -2.37. The maximum Gasteiger partial charge on any atom is 0.245 e. The Hall–Kier alpha value is -3.26. The van der Waals surface area contributed by atoms with Crippen LogP contribution in [0.25, 0.3) is 10.8 Å². The third-order valence-electron chi connectivity index (χ3n) is 5.49. The van der Waals surface area contributed by atoms with E-state index in [0.29, 0.717) is 22.9 Å². The molecule has 3 aromatic rings. The van der Waals surface area contributed by atoms with E-state index in [2.05, 4.69) is 11.4 Å². The fourth-order valence-corrected chi connectivity index (χ4v) is 4.90. The van der Waals surface area contributed by atoms with Gasteiger partial charge in [-0.2, -0.15) is 0 Å². The Kier molecular flexibility index (Phi) is 5.49. The summed E-state index contributed by atoms with van der Waals surface area (Å²) in [7, 11) is -0.755. The van der Waals surface area contributed by atoms with Crippen LogP contribution in [0, 0.1) is 0 Å². The van der Waals surface area contributed by atoms with Gasteiger partial charge in [0.25, 0.3) is 0 Å². The number of aryl methyl sites for hydroxylation is 2. The predicted molar refractivity (Wildman–Crippen MR) is 122 cm³/mol. The summed E-state index contributed by atoms with van der Waals surface area (Å²) in [4.78, 5) is 12.9. The van der Waals surface area contributed by atoms with Gasteiger partial charge in [0.2, 0.25) is 15.9 Å². The summed E-state index contributed by atoms with van der Waals surface area (Å²) in [6.07, 6.45) is 3.05. The molecule has 4 rings (SSSR count). The number of amides is 1. The summed E-state index contributed by atoms with van der Waals surface area (Å²) in [5.41, 5.74) is 3.53. The Morgan fingerprint density at radius 3 is 2.39 bits per heavy atom. The summed E-state index contributed by atoms with van der Waals surface area (Å²) in [6, 6.07) is 14.7. The third-order valence-corrected chi connectivity index (χ3v) is 6.63. The average Bonchev–Trinajstić information content (AvgIpc) is 3.17. The normalized spacial score (nSPS) is 12.6. The van der Waals surface area contributed by atoms with Crippen molar-refractivity contribution in [2.24, 2.45) is 0 Å². The lowest BCUT2D eigenvalue weighted by molar-refractivity contribution is -0.114. The molecule has 0 saturated heterocycles. The number of sulfonamides is 1. The van der Waals surface area contributed by atoms with Gasteiger partial charge in [-0.15, -0.1) is 0 Å². The number of anilines is 2. The van der Waals surface area contributed by atoms with Crippen LogP contribution in [0.5, 0.6) is 11.5 Å². The van der Waals surface area contributed by atoms with Crippen LogP contribution in [0.1, 0.15) is 11.1 Å². The zero-order valence-corrected chi connectivity index (χ0v) is 18.5. The first-order valence-corrected chi connectivity index (χ1v) is 11.7. The molecule has 0 bridgehead atoms. The highest BCUT2D eigenvalue weighted by molar-refractivity contribution is 7.92. The number of nitrogens with zero attached hydrogens (tertiary/aromatic N) is 1. The van der Waals surface area contributed by atoms with E-state index in [1.807, 2.05) is 24.3 Å². The molecule has 0 saturated carbocycles. The quantitative estimate of drug-likeness (QED) is 0.609. The molecule has 3 aromatic carbocycles. The van der Waals surface area contributed by atoms with Gasteiger partial charge in [-0.25, -0.2) is 8.42 Å². The van der Waals surface area contributed by atoms with Gasteiger partial charge in [0.1, 0.15) is 6.54 Å². The van der Waals surface area contributed by atoms with Crippen molar-refractivity contribution in [1.82, 2.24) is 0 Å². The molecule has 0 radical (unpaired) electrons. The molecular weight excluding hydrogens is 416 g/mol. The average molecular weight is 441 g/mol. The Bertz CT molecular complexity index is 1260. The third kappa shape index (κ3) is 4.03. The van der Waals surface area contributed by atoms with Crippen molar-refractivity contribution < 1.29 is 22.7 Å². The minimum Gasteiger partial charge on any atom is -0.493 e. The van der Waals surface area contributed by atoms with Crippen LogP contribution in [0.2, 0.25) is 0 Å². The molecule has 0 atom stereocenters. The number of methoxy groups -OCH3 is 2. The molecule has 0 unspecified atom stereocenters. The summed E-state index contributed by atoms with van der Waals surface area (Å²) in [5.74, 6) is 0.414. The van der Waals surface area contributed by atoms with E-state index in [9.17, 15) is 13.2 Å². The lowest BCUT2D eigenvalue weighted by atomic mass is 10.0. The molecule has 7 nitrogen and oxygen atoms in total. The number of ether oxygens (including phenoxy) is 2. The maximum absolute atomic E-state index is 12.9. The standard InChI is InChI=1S/C23H24N2O5S/c1-29-20-12-10-17(13-21(20)30-2)25(31(3,27)28)14-22(26)24-19-11-9-16-8-7-15-5-4-6-18(19)23(15)16/h4-6,9-13H,7-8,14H2,1-3H3,(H,24,26). The smallest absolute Gasteiger partial charge is 0.245 e. The van der Waals surface area contributed by atoms with Gasteiger partial charge in [0, 0.05) is 17.1 Å². The van der Waals surface area contributed by atoms with Crippen molar-refractivity contribution in [3.05, 3.63) is 59.7 Å². The van der Waals surface area contributed by atoms with Crippen LogP contribution in [0.3, 0.4) is 0 Å². The largest absolute Gasteiger partial charge is 0.493 e. The molecule has 0 spiro atoms. The van der Waals surface area contributed by atoms with Gasteiger partial charge < -0.3 is 14.8 Å². The van der Waals surface area contributed by atoms with Crippen LogP contribution in [0.15, 0.2) is 48.5 Å². The van der Waals surface area contributed by atoms with E-state index in [4.69, 9.17) is 9.47 Å². The van der Waals surface area contributed by atoms with Crippen LogP contribution in [0.4, 0.5) is 11.4 Å². The number of benzene rings is 3. The first-order valence-electron chi connectivity index (χ1n) is 9.85. The molecule has 1 amide bonds. The Balaban J connectivity index is 1.63. The predicted octanol–water partition coefficient (Wildman–Crippen LogP) is 3.36. The second kappa shape index (κ2) is 8.11. The van der Waals surface area contributed by atoms with Gasteiger partial charge in [-0.3, -0.25) is 9.10 Å². The minimum absolute atomic E-state index is 0.315. The number of carbonyl (C=O) groups is 1. The molecule has 162 valence electrons. The van der Waals surface area contributed by atoms with Crippen molar-refractivity contribution in [3.63, 3.8) is 0 Å². The molecule has 1 aliphatic carbocycles. The highest BCUT2D eigenvalue weighted by Crippen LogP contribution is 2.35. The van der Waals surface area contributed by atoms with E-state index in [-0.39, 0.29) is 6.54 Å².